The number of aliphatic hydroxyl groups excluding tert-OH is 2. The molecule has 2 aromatic carbocycles. The fraction of sp³-hybridized carbons (Fsp3) is 0.261. The molecule has 14 nitrogen and oxygen atoms in total. The first kappa shape index (κ1) is 41.2. The van der Waals surface area contributed by atoms with Gasteiger partial charge in [-0.25, -0.2) is 29.5 Å². The number of imidazole rings is 2. The first-order valence-electron chi connectivity index (χ1n) is 20.1. The highest BCUT2D eigenvalue weighted by Crippen LogP contribution is 2.37. The summed E-state index contributed by atoms with van der Waals surface area (Å²) in [6.07, 6.45) is 4.22. The van der Waals surface area contributed by atoms with Crippen LogP contribution in [0.3, 0.4) is 0 Å². The monoisotopic (exact) mass is 870 g/mol. The van der Waals surface area contributed by atoms with Crippen LogP contribution < -0.4 is 0 Å². The van der Waals surface area contributed by atoms with Crippen LogP contribution in [0.2, 0.25) is 0 Å². The molecule has 8 aromatic rings. The van der Waals surface area contributed by atoms with Crippen LogP contribution in [0.1, 0.15) is 57.1 Å². The SMILES string of the molecule is Cc1ccc(C(=O)OC[C@H]2O[C@@H](n3cnc4c(-c5cccs5)ccnc43)C[C@H]2OC(=O)c2ccc(C)cc2)cc1.OC[C@H]1O[C@@H](n2cnc3c(-c4cccs4)ccnc32)C[C@H]1O. The predicted octanol–water partition coefficient (Wildman–Crippen LogP) is 7.95. The quantitative estimate of drug-likeness (QED) is 0.127. The van der Waals surface area contributed by atoms with Crippen molar-refractivity contribution in [2.75, 3.05) is 13.2 Å². The van der Waals surface area contributed by atoms with E-state index in [-0.39, 0.29) is 19.4 Å². The Kier molecular flexibility index (Phi) is 12.0. The molecule has 2 saturated heterocycles. The van der Waals surface area contributed by atoms with E-state index >= 15 is 0 Å². The lowest BCUT2D eigenvalue weighted by molar-refractivity contribution is -0.0563. The Balaban J connectivity index is 0.000000187. The Bertz CT molecular complexity index is 2790. The highest BCUT2D eigenvalue weighted by atomic mass is 32.1. The molecule has 2 aliphatic heterocycles. The van der Waals surface area contributed by atoms with Crippen LogP contribution in [0, 0.1) is 13.8 Å². The highest BCUT2D eigenvalue weighted by molar-refractivity contribution is 7.14. The minimum atomic E-state index is -0.674. The summed E-state index contributed by atoms with van der Waals surface area (Å²) < 4.78 is 27.2. The van der Waals surface area contributed by atoms with Crippen molar-refractivity contribution in [3.05, 3.63) is 143 Å². The van der Waals surface area contributed by atoms with Gasteiger partial charge in [-0.2, -0.15) is 0 Å². The molecule has 8 heterocycles. The summed E-state index contributed by atoms with van der Waals surface area (Å²) in [4.78, 5) is 46.1. The molecule has 0 spiro atoms. The van der Waals surface area contributed by atoms with E-state index in [4.69, 9.17) is 18.9 Å². The molecule has 16 heteroatoms. The molecule has 0 bridgehead atoms. The number of thiophene rings is 2. The van der Waals surface area contributed by atoms with Gasteiger partial charge in [-0.15, -0.1) is 22.7 Å². The number of aryl methyl sites for hydroxylation is 2. The summed E-state index contributed by atoms with van der Waals surface area (Å²) in [6, 6.07) is 26.3. The molecule has 0 unspecified atom stereocenters. The van der Waals surface area contributed by atoms with Gasteiger partial charge in [0.2, 0.25) is 0 Å². The third-order valence-corrected chi connectivity index (χ3v) is 12.7. The lowest BCUT2D eigenvalue weighted by Gasteiger charge is -2.19. The van der Waals surface area contributed by atoms with Gasteiger partial charge < -0.3 is 29.2 Å². The molecule has 0 saturated carbocycles. The zero-order valence-electron chi connectivity index (χ0n) is 33.7. The van der Waals surface area contributed by atoms with Crippen molar-refractivity contribution >= 4 is 56.9 Å². The van der Waals surface area contributed by atoms with E-state index in [1.807, 2.05) is 88.3 Å². The van der Waals surface area contributed by atoms with E-state index in [1.54, 1.807) is 72.0 Å². The second-order valence-corrected chi connectivity index (χ2v) is 17.0. The Hall–Kier alpha value is -6.14. The number of aliphatic hydroxyl groups is 2. The van der Waals surface area contributed by atoms with Crippen molar-refractivity contribution < 1.29 is 38.7 Å². The lowest BCUT2D eigenvalue weighted by Crippen LogP contribution is -2.32. The zero-order valence-corrected chi connectivity index (χ0v) is 35.3. The number of hydrogen-bond acceptors (Lipinski definition) is 14. The van der Waals surface area contributed by atoms with E-state index in [0.717, 1.165) is 48.7 Å². The number of ether oxygens (including phenoxy) is 4. The molecular formula is C46H42N6O8S2. The smallest absolute Gasteiger partial charge is 0.338 e. The highest BCUT2D eigenvalue weighted by Gasteiger charge is 2.41. The second kappa shape index (κ2) is 18.1. The van der Waals surface area contributed by atoms with E-state index in [0.29, 0.717) is 29.6 Å². The molecule has 6 atom stereocenters. The van der Waals surface area contributed by atoms with E-state index in [9.17, 15) is 19.8 Å². The fourth-order valence-corrected chi connectivity index (χ4v) is 9.08. The maximum Gasteiger partial charge on any atom is 0.338 e. The Morgan fingerprint density at radius 1 is 0.694 bits per heavy atom. The third kappa shape index (κ3) is 8.53. The van der Waals surface area contributed by atoms with Crippen LogP contribution >= 0.6 is 22.7 Å². The van der Waals surface area contributed by atoms with Gasteiger partial charge in [0.1, 0.15) is 48.4 Å². The number of esters is 2. The summed E-state index contributed by atoms with van der Waals surface area (Å²) in [5.41, 5.74) is 7.97. The standard InChI is InChI=1S/C31H27N3O5S.C15H15N3O3S/c1-19-5-9-21(10-6-19)30(35)37-17-25-24(39-31(36)22-11-7-20(2)8-12-22)16-27(38-25)34-18-33-28-23(13-14-32-29(28)34)26-4-3-15-40-26;19-7-11-10(20)6-13(21-11)18-8-17-14-9(3-4-16-15(14)18)12-2-1-5-22-12/h3-15,18,24-25,27H,16-17H2,1-2H3;1-5,8,10-11,13,19-20H,6-7H2/t24-,25-,27-;10-,11-,13-/m11/s1. The van der Waals surface area contributed by atoms with Crippen molar-refractivity contribution in [3.63, 3.8) is 0 Å². The van der Waals surface area contributed by atoms with Gasteiger partial charge in [-0.05, 0) is 73.1 Å². The van der Waals surface area contributed by atoms with Crippen molar-refractivity contribution in [3.8, 4) is 20.9 Å². The molecule has 0 radical (unpaired) electrons. The molecule has 2 fully saturated rings. The summed E-state index contributed by atoms with van der Waals surface area (Å²) in [7, 11) is 0. The minimum absolute atomic E-state index is 0.0739. The topological polar surface area (TPSA) is 173 Å². The average Bonchev–Trinajstić information content (AvgIpc) is 4.15. The fourth-order valence-electron chi connectivity index (χ4n) is 7.57. The number of fused-ring (bicyclic) bond motifs is 2. The lowest BCUT2D eigenvalue weighted by atomic mass is 10.1. The number of benzene rings is 2. The molecule has 0 amide bonds. The zero-order chi connectivity index (χ0) is 42.7. The summed E-state index contributed by atoms with van der Waals surface area (Å²) in [5.74, 6) is -0.927. The van der Waals surface area contributed by atoms with Crippen LogP contribution in [0.4, 0.5) is 0 Å². The summed E-state index contributed by atoms with van der Waals surface area (Å²) in [5, 5.41) is 23.2. The molecule has 316 valence electrons. The molecule has 6 aromatic heterocycles. The number of carbonyl (C=O) groups is 2. The van der Waals surface area contributed by atoms with Gasteiger partial charge in [-0.3, -0.25) is 9.13 Å². The first-order valence-corrected chi connectivity index (χ1v) is 21.8. The molecule has 2 N–H and O–H groups in total. The number of rotatable bonds is 10. The molecule has 62 heavy (non-hydrogen) atoms. The normalized spacial score (nSPS) is 20.9. The maximum atomic E-state index is 13.0. The molecular weight excluding hydrogens is 829 g/mol. The molecule has 10 rings (SSSR count). The van der Waals surface area contributed by atoms with Crippen molar-refractivity contribution in [1.29, 1.82) is 0 Å². The van der Waals surface area contributed by atoms with Gasteiger partial charge in [0.25, 0.3) is 0 Å². The second-order valence-electron chi connectivity index (χ2n) is 15.1. The van der Waals surface area contributed by atoms with Crippen LogP contribution in [-0.4, -0.2) is 88.9 Å². The number of nitrogens with zero attached hydrogens (tertiary/aromatic N) is 6. The molecule has 2 aliphatic rings. The van der Waals surface area contributed by atoms with Crippen LogP contribution in [0.15, 0.2) is 121 Å². The van der Waals surface area contributed by atoms with Crippen LogP contribution in [0.5, 0.6) is 0 Å². The Morgan fingerprint density at radius 2 is 1.21 bits per heavy atom. The van der Waals surface area contributed by atoms with E-state index in [2.05, 4.69) is 26.0 Å². The number of pyridine rings is 2. The molecule has 0 aliphatic carbocycles. The van der Waals surface area contributed by atoms with Crippen molar-refractivity contribution in [2.45, 2.75) is 63.6 Å². The predicted molar refractivity (Wildman–Crippen MR) is 234 cm³/mol. The number of carbonyl (C=O) groups excluding carboxylic acids is 2. The van der Waals surface area contributed by atoms with Crippen LogP contribution in [0.25, 0.3) is 43.2 Å². The van der Waals surface area contributed by atoms with Gasteiger partial charge in [0, 0.05) is 46.1 Å². The van der Waals surface area contributed by atoms with E-state index in [1.165, 1.54) is 0 Å². The maximum absolute atomic E-state index is 13.0. The number of hydrogen-bond donors (Lipinski definition) is 2. The summed E-state index contributed by atoms with van der Waals surface area (Å²) >= 11 is 3.29. The average molecular weight is 871 g/mol. The third-order valence-electron chi connectivity index (χ3n) is 10.9. The Morgan fingerprint density at radius 3 is 1.71 bits per heavy atom. The van der Waals surface area contributed by atoms with Gasteiger partial charge in [-0.1, -0.05) is 47.5 Å². The van der Waals surface area contributed by atoms with Crippen molar-refractivity contribution in [2.24, 2.45) is 0 Å². The Labute approximate surface area is 364 Å². The summed E-state index contributed by atoms with van der Waals surface area (Å²) in [6.45, 7) is 3.64. The van der Waals surface area contributed by atoms with Crippen molar-refractivity contribution in [1.82, 2.24) is 29.1 Å². The van der Waals surface area contributed by atoms with Gasteiger partial charge in [0.15, 0.2) is 11.3 Å². The van der Waals surface area contributed by atoms with Crippen LogP contribution in [-0.2, 0) is 18.9 Å². The minimum Gasteiger partial charge on any atom is -0.459 e. The van der Waals surface area contributed by atoms with Gasteiger partial charge in [0.05, 0.1) is 36.5 Å². The van der Waals surface area contributed by atoms with E-state index < -0.39 is 42.6 Å². The first-order chi connectivity index (χ1) is 30.2. The number of aromatic nitrogens is 6. The van der Waals surface area contributed by atoms with Gasteiger partial charge >= 0.3 is 11.9 Å². The largest absolute Gasteiger partial charge is 0.459 e.